The van der Waals surface area contributed by atoms with Crippen molar-refractivity contribution < 1.29 is 9.90 Å². The third-order valence-corrected chi connectivity index (χ3v) is 2.96. The Hall–Kier alpha value is -0.568. The summed E-state index contributed by atoms with van der Waals surface area (Å²) >= 11 is 2.04. The number of benzene rings is 2. The Bertz CT molecular complexity index is 511. The lowest BCUT2D eigenvalue weighted by Gasteiger charge is -2.02. The van der Waals surface area contributed by atoms with E-state index >= 15 is 0 Å². The Morgan fingerprint density at radius 3 is 2.20 bits per heavy atom. The minimum absolute atomic E-state index is 0. The summed E-state index contributed by atoms with van der Waals surface area (Å²) in [6.07, 6.45) is 0. The number of hydrogen-bond donors (Lipinski definition) is 1. The van der Waals surface area contributed by atoms with Crippen molar-refractivity contribution in [2.24, 2.45) is 0 Å². The number of aromatic carboxylic acids is 1. The molecule has 0 amide bonds. The van der Waals surface area contributed by atoms with Crippen LogP contribution < -0.4 is 0 Å². The average molecular weight is 325 g/mol. The van der Waals surface area contributed by atoms with Crippen LogP contribution in [0.3, 0.4) is 0 Å². The number of halogens is 1. The molecule has 0 bridgehead atoms. The first-order valence-corrected chi connectivity index (χ1v) is 5.18. The summed E-state index contributed by atoms with van der Waals surface area (Å²) in [6.45, 7) is 0. The van der Waals surface area contributed by atoms with Gasteiger partial charge in [-0.15, -0.1) is 0 Å². The van der Waals surface area contributed by atoms with Crippen LogP contribution in [0.25, 0.3) is 10.8 Å². The number of carboxylic acid groups (broad SMARTS) is 1. The zero-order valence-electron chi connectivity index (χ0n) is 7.77. The molecule has 15 heavy (non-hydrogen) atoms. The molecule has 0 saturated heterocycles. The third kappa shape index (κ3) is 2.51. The second-order valence-electron chi connectivity index (χ2n) is 2.98. The van der Waals surface area contributed by atoms with E-state index in [0.717, 1.165) is 14.3 Å². The van der Waals surface area contributed by atoms with Gasteiger partial charge in [-0.1, -0.05) is 24.3 Å². The van der Waals surface area contributed by atoms with Gasteiger partial charge in [0.15, 0.2) is 0 Å². The van der Waals surface area contributed by atoms with Gasteiger partial charge in [-0.3, -0.25) is 0 Å². The van der Waals surface area contributed by atoms with Crippen molar-refractivity contribution in [2.45, 2.75) is 0 Å². The molecule has 0 spiro atoms. The smallest absolute Gasteiger partial charge is 0.336 e. The van der Waals surface area contributed by atoms with Gasteiger partial charge >= 0.3 is 5.97 Å². The number of rotatable bonds is 1. The van der Waals surface area contributed by atoms with Gasteiger partial charge in [-0.05, 0) is 45.5 Å². The van der Waals surface area contributed by atoms with Crippen molar-refractivity contribution in [3.05, 3.63) is 45.5 Å². The van der Waals surface area contributed by atoms with Crippen molar-refractivity contribution in [1.82, 2.24) is 0 Å². The summed E-state index contributed by atoms with van der Waals surface area (Å²) in [5.74, 6) is -0.875. The molecule has 0 fully saturated rings. The van der Waals surface area contributed by atoms with Crippen LogP contribution >= 0.6 is 22.6 Å². The van der Waals surface area contributed by atoms with Gasteiger partial charge in [0.05, 0.1) is 5.56 Å². The Labute approximate surface area is 112 Å². The highest BCUT2D eigenvalue weighted by Gasteiger charge is 2.08. The van der Waals surface area contributed by atoms with Crippen molar-refractivity contribution in [3.8, 4) is 0 Å². The minimum atomic E-state index is -0.875. The topological polar surface area (TPSA) is 37.3 Å². The van der Waals surface area contributed by atoms with Gasteiger partial charge in [-0.2, -0.15) is 0 Å². The second-order valence-corrected chi connectivity index (χ2v) is 4.15. The first-order valence-electron chi connectivity index (χ1n) is 4.10. The van der Waals surface area contributed by atoms with E-state index in [1.165, 1.54) is 0 Å². The lowest BCUT2D eigenvalue weighted by Crippen LogP contribution is -1.99. The molecule has 0 atom stereocenters. The normalized spacial score (nSPS) is 9.67. The molecule has 2 aromatic carbocycles. The van der Waals surface area contributed by atoms with Crippen LogP contribution in [0.2, 0.25) is 0 Å². The molecular formula is C11H7AlIO2. The summed E-state index contributed by atoms with van der Waals surface area (Å²) in [5.41, 5.74) is 0.365. The van der Waals surface area contributed by atoms with E-state index in [1.54, 1.807) is 6.07 Å². The van der Waals surface area contributed by atoms with Crippen LogP contribution in [0.5, 0.6) is 0 Å². The molecule has 0 heterocycles. The Morgan fingerprint density at radius 2 is 1.67 bits per heavy atom. The Morgan fingerprint density at radius 1 is 1.13 bits per heavy atom. The molecule has 0 aromatic heterocycles. The maximum absolute atomic E-state index is 10.9. The fourth-order valence-corrected chi connectivity index (χ4v) is 2.10. The van der Waals surface area contributed by atoms with E-state index in [9.17, 15) is 4.79 Å². The summed E-state index contributed by atoms with van der Waals surface area (Å²) in [4.78, 5) is 10.9. The molecule has 0 aliphatic rings. The molecule has 73 valence electrons. The fraction of sp³-hybridized carbons (Fsp3) is 0. The maximum atomic E-state index is 10.9. The molecule has 4 heteroatoms. The standard InChI is InChI=1S/C11H7IO2.Al/c12-10-6-8-4-2-1-3-7(8)5-9(10)11(13)14;/h1-6H,(H,13,14);. The van der Waals surface area contributed by atoms with Gasteiger partial charge in [0.2, 0.25) is 0 Å². The highest BCUT2D eigenvalue weighted by atomic mass is 127. The van der Waals surface area contributed by atoms with Crippen LogP contribution in [0.4, 0.5) is 0 Å². The molecule has 1 N–H and O–H groups in total. The second kappa shape index (κ2) is 4.97. The number of fused-ring (bicyclic) bond motifs is 1. The summed E-state index contributed by atoms with van der Waals surface area (Å²) in [7, 11) is 0. The first-order chi connectivity index (χ1) is 6.68. The van der Waals surface area contributed by atoms with Gasteiger partial charge in [0, 0.05) is 20.9 Å². The van der Waals surface area contributed by atoms with Gasteiger partial charge in [-0.25, -0.2) is 4.79 Å². The van der Waals surface area contributed by atoms with Gasteiger partial charge < -0.3 is 5.11 Å². The lowest BCUT2D eigenvalue weighted by atomic mass is 10.1. The van der Waals surface area contributed by atoms with Crippen LogP contribution in [-0.4, -0.2) is 28.4 Å². The number of carbonyl (C=O) groups is 1. The van der Waals surface area contributed by atoms with Crippen molar-refractivity contribution in [1.29, 1.82) is 0 Å². The summed E-state index contributed by atoms with van der Waals surface area (Å²) in [6, 6.07) is 11.3. The highest BCUT2D eigenvalue weighted by molar-refractivity contribution is 14.1. The largest absolute Gasteiger partial charge is 0.478 e. The van der Waals surface area contributed by atoms with Crippen molar-refractivity contribution in [2.75, 3.05) is 0 Å². The van der Waals surface area contributed by atoms with E-state index in [1.807, 2.05) is 52.9 Å². The summed E-state index contributed by atoms with van der Waals surface area (Å²) in [5, 5.41) is 11.0. The van der Waals surface area contributed by atoms with Crippen LogP contribution in [0, 0.1) is 3.57 Å². The predicted molar refractivity (Wildman–Crippen MR) is 69.4 cm³/mol. The maximum Gasteiger partial charge on any atom is 0.336 e. The third-order valence-electron chi connectivity index (χ3n) is 2.07. The molecule has 0 aliphatic carbocycles. The van der Waals surface area contributed by atoms with Crippen LogP contribution in [0.15, 0.2) is 36.4 Å². The molecule has 2 aromatic rings. The van der Waals surface area contributed by atoms with Crippen LogP contribution in [0.1, 0.15) is 10.4 Å². The molecule has 3 radical (unpaired) electrons. The lowest BCUT2D eigenvalue weighted by molar-refractivity contribution is 0.0696. The predicted octanol–water partition coefficient (Wildman–Crippen LogP) is 2.76. The van der Waals surface area contributed by atoms with E-state index in [-0.39, 0.29) is 17.4 Å². The average Bonchev–Trinajstić information content (AvgIpc) is 2.16. The molecule has 0 saturated carbocycles. The van der Waals surface area contributed by atoms with Gasteiger partial charge in [0.1, 0.15) is 0 Å². The van der Waals surface area contributed by atoms with E-state index < -0.39 is 5.97 Å². The SMILES string of the molecule is O=C(O)c1cc2ccccc2cc1I.[Al]. The number of hydrogen-bond acceptors (Lipinski definition) is 1. The van der Waals surface area contributed by atoms with Crippen molar-refractivity contribution in [3.63, 3.8) is 0 Å². The fourth-order valence-electron chi connectivity index (χ4n) is 1.38. The Balaban J connectivity index is 0.00000112. The quantitative estimate of drug-likeness (QED) is 0.647. The van der Waals surface area contributed by atoms with Crippen LogP contribution in [-0.2, 0) is 0 Å². The zero-order chi connectivity index (χ0) is 10.1. The van der Waals surface area contributed by atoms with Crippen molar-refractivity contribution >= 4 is 56.7 Å². The molecule has 2 nitrogen and oxygen atoms in total. The number of carboxylic acids is 1. The first kappa shape index (κ1) is 12.5. The molecule has 0 aliphatic heterocycles. The van der Waals surface area contributed by atoms with E-state index in [4.69, 9.17) is 5.11 Å². The zero-order valence-corrected chi connectivity index (χ0v) is 11.1. The molecule has 0 unspecified atom stereocenters. The van der Waals surface area contributed by atoms with E-state index in [2.05, 4.69) is 0 Å². The summed E-state index contributed by atoms with van der Waals surface area (Å²) < 4.78 is 0.772. The monoisotopic (exact) mass is 325 g/mol. The van der Waals surface area contributed by atoms with Gasteiger partial charge in [0.25, 0.3) is 0 Å². The molecular weight excluding hydrogens is 318 g/mol. The molecule has 2 rings (SSSR count). The highest BCUT2D eigenvalue weighted by Crippen LogP contribution is 2.21. The van der Waals surface area contributed by atoms with E-state index in [0.29, 0.717) is 5.56 Å². The minimum Gasteiger partial charge on any atom is -0.478 e. The Kier molecular flexibility index (Phi) is 4.14.